The summed E-state index contributed by atoms with van der Waals surface area (Å²) in [4.78, 5) is 0. The van der Waals surface area contributed by atoms with Gasteiger partial charge in [-0.05, 0) is 112 Å². The van der Waals surface area contributed by atoms with E-state index in [9.17, 15) is 17.6 Å². The highest BCUT2D eigenvalue weighted by molar-refractivity contribution is 5.27. The summed E-state index contributed by atoms with van der Waals surface area (Å²) in [6.07, 6.45) is 12.6. The van der Waals surface area contributed by atoms with E-state index in [2.05, 4.69) is 12.2 Å². The first-order valence-corrected chi connectivity index (χ1v) is 11.4. The van der Waals surface area contributed by atoms with E-state index in [1.54, 1.807) is 12.1 Å². The van der Waals surface area contributed by atoms with Crippen LogP contribution in [0.3, 0.4) is 0 Å². The number of allylic oxidation sites excluding steroid dienone is 2. The van der Waals surface area contributed by atoms with Gasteiger partial charge in [-0.2, -0.15) is 13.2 Å². The molecule has 0 radical (unpaired) electrons. The molecule has 2 aliphatic carbocycles. The molecule has 4 heteroatoms. The van der Waals surface area contributed by atoms with Gasteiger partial charge in [-0.25, -0.2) is 0 Å². The Bertz CT molecular complexity index is 615. The van der Waals surface area contributed by atoms with E-state index >= 15 is 0 Å². The molecule has 0 unspecified atom stereocenters. The molecule has 0 aromatic heterocycles. The maximum Gasteiger partial charge on any atom is 0.416 e. The molecular weight excluding hydrogens is 376 g/mol. The standard InChI is InChI=1S/C25H34F4/c26-18-4-2-1-3-5-19-6-8-20(9-7-19)21-10-12-22(13-11-21)23-14-16-24(17-15-23)25(27,28)29/h1,3,14-17,19-22H,2,4-13,18H2/t19-,20-,21-,22-. The molecule has 0 aliphatic heterocycles. The zero-order valence-electron chi connectivity index (χ0n) is 17.3. The Morgan fingerprint density at radius 3 is 1.93 bits per heavy atom. The van der Waals surface area contributed by atoms with Crippen LogP contribution in [0.15, 0.2) is 36.4 Å². The molecule has 2 aliphatic rings. The molecule has 0 spiro atoms. The number of unbranched alkanes of at least 4 members (excludes halogenated alkanes) is 1. The van der Waals surface area contributed by atoms with Crippen molar-refractivity contribution in [1.29, 1.82) is 0 Å². The number of rotatable bonds is 7. The minimum atomic E-state index is -4.25. The Labute approximate surface area is 172 Å². The minimum absolute atomic E-state index is 0.226. The molecule has 0 N–H and O–H groups in total. The lowest BCUT2D eigenvalue weighted by Crippen LogP contribution is -2.25. The molecule has 162 valence electrons. The third kappa shape index (κ3) is 6.58. The summed E-state index contributed by atoms with van der Waals surface area (Å²) in [5.41, 5.74) is 0.517. The molecule has 0 atom stereocenters. The van der Waals surface area contributed by atoms with Crippen molar-refractivity contribution in [2.24, 2.45) is 17.8 Å². The fourth-order valence-corrected chi connectivity index (χ4v) is 5.37. The lowest BCUT2D eigenvalue weighted by molar-refractivity contribution is -0.137. The van der Waals surface area contributed by atoms with E-state index in [0.717, 1.165) is 49.0 Å². The third-order valence-corrected chi connectivity index (χ3v) is 7.18. The SMILES string of the molecule is FCCCC=CC[C@H]1CC[C@H]([C@H]2CC[C@H](c3ccc(C(F)(F)F)cc3)CC2)CC1. The number of alkyl halides is 4. The van der Waals surface area contributed by atoms with E-state index in [1.807, 2.05) is 0 Å². The van der Waals surface area contributed by atoms with Gasteiger partial charge in [0.25, 0.3) is 0 Å². The highest BCUT2D eigenvalue weighted by atomic mass is 19.4. The summed E-state index contributed by atoms with van der Waals surface area (Å²) >= 11 is 0. The average Bonchev–Trinajstić information content (AvgIpc) is 2.74. The smallest absolute Gasteiger partial charge is 0.251 e. The van der Waals surface area contributed by atoms with Gasteiger partial charge in [-0.3, -0.25) is 4.39 Å². The average molecular weight is 411 g/mol. The summed E-state index contributed by atoms with van der Waals surface area (Å²) in [6.45, 7) is -0.226. The van der Waals surface area contributed by atoms with Crippen LogP contribution in [-0.4, -0.2) is 6.67 Å². The second-order valence-electron chi connectivity index (χ2n) is 9.05. The Balaban J connectivity index is 1.39. The highest BCUT2D eigenvalue weighted by Gasteiger charge is 2.32. The first kappa shape index (κ1) is 22.4. The molecule has 1 aromatic carbocycles. The van der Waals surface area contributed by atoms with Crippen molar-refractivity contribution in [3.05, 3.63) is 47.5 Å². The van der Waals surface area contributed by atoms with Crippen LogP contribution < -0.4 is 0 Å². The van der Waals surface area contributed by atoms with Gasteiger partial charge in [-0.1, -0.05) is 24.3 Å². The molecule has 3 rings (SSSR count). The molecule has 0 saturated heterocycles. The molecule has 29 heavy (non-hydrogen) atoms. The quantitative estimate of drug-likeness (QED) is 0.240. The van der Waals surface area contributed by atoms with Crippen LogP contribution in [0.5, 0.6) is 0 Å². The van der Waals surface area contributed by atoms with Gasteiger partial charge in [0.1, 0.15) is 0 Å². The lowest BCUT2D eigenvalue weighted by atomic mass is 9.68. The van der Waals surface area contributed by atoms with Crippen molar-refractivity contribution < 1.29 is 17.6 Å². The van der Waals surface area contributed by atoms with Crippen LogP contribution in [0.1, 0.15) is 87.7 Å². The van der Waals surface area contributed by atoms with Gasteiger partial charge in [0.15, 0.2) is 0 Å². The van der Waals surface area contributed by atoms with Crippen molar-refractivity contribution in [3.63, 3.8) is 0 Å². The molecule has 0 amide bonds. The van der Waals surface area contributed by atoms with E-state index in [1.165, 1.54) is 50.7 Å². The summed E-state index contributed by atoms with van der Waals surface area (Å²) in [5.74, 6) is 2.83. The zero-order chi connectivity index (χ0) is 20.7. The predicted molar refractivity (Wildman–Crippen MR) is 111 cm³/mol. The van der Waals surface area contributed by atoms with E-state index in [0.29, 0.717) is 12.3 Å². The molecular formula is C25H34F4. The van der Waals surface area contributed by atoms with Gasteiger partial charge in [0, 0.05) is 0 Å². The van der Waals surface area contributed by atoms with Crippen molar-refractivity contribution in [3.8, 4) is 0 Å². The normalized spacial score (nSPS) is 28.7. The van der Waals surface area contributed by atoms with Crippen LogP contribution >= 0.6 is 0 Å². The number of hydrogen-bond donors (Lipinski definition) is 0. The summed E-state index contributed by atoms with van der Waals surface area (Å²) in [6, 6.07) is 5.82. The van der Waals surface area contributed by atoms with Gasteiger partial charge in [0.05, 0.1) is 12.2 Å². The highest BCUT2D eigenvalue weighted by Crippen LogP contribution is 2.44. The second-order valence-corrected chi connectivity index (χ2v) is 9.05. The molecule has 0 bridgehead atoms. The van der Waals surface area contributed by atoms with E-state index < -0.39 is 11.7 Å². The summed E-state index contributed by atoms with van der Waals surface area (Å²) < 4.78 is 50.3. The van der Waals surface area contributed by atoms with Crippen LogP contribution in [0, 0.1) is 17.8 Å². The largest absolute Gasteiger partial charge is 0.416 e. The first-order valence-electron chi connectivity index (χ1n) is 11.4. The Morgan fingerprint density at radius 1 is 0.793 bits per heavy atom. The fraction of sp³-hybridized carbons (Fsp3) is 0.680. The monoisotopic (exact) mass is 410 g/mol. The van der Waals surface area contributed by atoms with Gasteiger partial charge in [0.2, 0.25) is 0 Å². The zero-order valence-corrected chi connectivity index (χ0v) is 17.3. The van der Waals surface area contributed by atoms with Crippen molar-refractivity contribution in [2.75, 3.05) is 6.67 Å². The Hall–Kier alpha value is -1.32. The van der Waals surface area contributed by atoms with Crippen molar-refractivity contribution in [1.82, 2.24) is 0 Å². The fourth-order valence-electron chi connectivity index (χ4n) is 5.37. The van der Waals surface area contributed by atoms with Gasteiger partial charge < -0.3 is 0 Å². The van der Waals surface area contributed by atoms with Crippen LogP contribution in [0.4, 0.5) is 17.6 Å². The Kier molecular flexibility index (Phi) is 8.20. The van der Waals surface area contributed by atoms with E-state index in [4.69, 9.17) is 0 Å². The van der Waals surface area contributed by atoms with Gasteiger partial charge in [-0.15, -0.1) is 0 Å². The van der Waals surface area contributed by atoms with Crippen LogP contribution in [0.25, 0.3) is 0 Å². The molecule has 0 nitrogen and oxygen atoms in total. The van der Waals surface area contributed by atoms with Crippen LogP contribution in [0.2, 0.25) is 0 Å². The molecule has 1 aromatic rings. The molecule has 2 fully saturated rings. The number of benzene rings is 1. The lowest BCUT2D eigenvalue weighted by Gasteiger charge is -2.38. The van der Waals surface area contributed by atoms with E-state index in [-0.39, 0.29) is 6.67 Å². The van der Waals surface area contributed by atoms with Crippen molar-refractivity contribution in [2.45, 2.75) is 82.7 Å². The first-order chi connectivity index (χ1) is 14.0. The Morgan fingerprint density at radius 2 is 1.38 bits per heavy atom. The topological polar surface area (TPSA) is 0 Å². The maximum atomic E-state index is 12.7. The number of hydrogen-bond acceptors (Lipinski definition) is 0. The minimum Gasteiger partial charge on any atom is -0.251 e. The summed E-state index contributed by atoms with van der Waals surface area (Å²) in [7, 11) is 0. The van der Waals surface area contributed by atoms with Crippen LogP contribution in [-0.2, 0) is 6.18 Å². The third-order valence-electron chi connectivity index (χ3n) is 7.18. The second kappa shape index (κ2) is 10.6. The molecule has 2 saturated carbocycles. The maximum absolute atomic E-state index is 12.7. The summed E-state index contributed by atoms with van der Waals surface area (Å²) in [5, 5.41) is 0. The van der Waals surface area contributed by atoms with Crippen molar-refractivity contribution >= 4 is 0 Å². The number of halogens is 4. The van der Waals surface area contributed by atoms with Gasteiger partial charge >= 0.3 is 6.18 Å². The predicted octanol–water partition coefficient (Wildman–Crippen LogP) is 8.48. The molecule has 0 heterocycles.